The molecule has 1 aliphatic carbocycles. The van der Waals surface area contributed by atoms with Crippen molar-refractivity contribution in [2.75, 3.05) is 13.6 Å². The highest BCUT2D eigenvalue weighted by Crippen LogP contribution is 2.33. The van der Waals surface area contributed by atoms with Crippen molar-refractivity contribution < 1.29 is 14.3 Å². The molecule has 0 saturated carbocycles. The highest BCUT2D eigenvalue weighted by molar-refractivity contribution is 5.82. The Morgan fingerprint density at radius 3 is 2.83 bits per heavy atom. The molecule has 35 heavy (non-hydrogen) atoms. The van der Waals surface area contributed by atoms with Crippen LogP contribution >= 0.6 is 0 Å². The van der Waals surface area contributed by atoms with E-state index < -0.39 is 11.7 Å². The van der Waals surface area contributed by atoms with Crippen LogP contribution in [-0.4, -0.2) is 50.5 Å². The highest BCUT2D eigenvalue weighted by atomic mass is 16.6. The zero-order valence-electron chi connectivity index (χ0n) is 20.9. The highest BCUT2D eigenvalue weighted by Gasteiger charge is 2.26. The Morgan fingerprint density at radius 2 is 2.03 bits per heavy atom. The molecule has 9 nitrogen and oxygen atoms in total. The number of nitrogens with one attached hydrogen (secondary N) is 2. The average Bonchev–Trinajstić information content (AvgIpc) is 3.16. The molecule has 2 amide bonds. The Morgan fingerprint density at radius 1 is 1.20 bits per heavy atom. The first-order valence-electron chi connectivity index (χ1n) is 12.0. The number of rotatable bonds is 7. The van der Waals surface area contributed by atoms with Crippen molar-refractivity contribution in [2.45, 2.75) is 64.8 Å². The fraction of sp³-hybridized carbons (Fsp3) is 0.462. The van der Waals surface area contributed by atoms with Gasteiger partial charge < -0.3 is 19.8 Å². The van der Waals surface area contributed by atoms with Gasteiger partial charge in [0.15, 0.2) is 0 Å². The standard InChI is InChI=1S/C26H34N6O3/c1-26(2,3)35-25(34)29-16-23(33)28-15-21-19(30-22-12-5-6-14-32(21)22)17-31(4)20-11-7-9-18-10-8-13-27-24(18)20/h5-6,8,10,12-14,20H,7,9,11,15-17H2,1-4H3,(H,28,33)(H,29,34)/t20-/m0/s1. The lowest BCUT2D eigenvalue weighted by Gasteiger charge is -2.32. The molecule has 3 heterocycles. The molecule has 0 unspecified atom stereocenters. The summed E-state index contributed by atoms with van der Waals surface area (Å²) in [5.41, 5.74) is 4.49. The fourth-order valence-electron chi connectivity index (χ4n) is 4.48. The van der Waals surface area contributed by atoms with Gasteiger partial charge >= 0.3 is 6.09 Å². The van der Waals surface area contributed by atoms with Crippen molar-refractivity contribution in [3.05, 3.63) is 65.4 Å². The van der Waals surface area contributed by atoms with E-state index in [4.69, 9.17) is 9.72 Å². The van der Waals surface area contributed by atoms with Gasteiger partial charge in [0, 0.05) is 18.9 Å². The smallest absolute Gasteiger partial charge is 0.408 e. The number of amides is 2. The summed E-state index contributed by atoms with van der Waals surface area (Å²) in [6.07, 6.45) is 6.44. The predicted molar refractivity (Wildman–Crippen MR) is 133 cm³/mol. The third kappa shape index (κ3) is 6.16. The van der Waals surface area contributed by atoms with Crippen molar-refractivity contribution in [1.82, 2.24) is 29.9 Å². The SMILES string of the molecule is CN(Cc1nc2ccccn2c1CNC(=O)CNC(=O)OC(C)(C)C)[C@H]1CCCc2cccnc21. The third-order valence-electron chi connectivity index (χ3n) is 6.05. The van der Waals surface area contributed by atoms with Gasteiger partial charge in [-0.15, -0.1) is 0 Å². The fourth-order valence-corrected chi connectivity index (χ4v) is 4.48. The summed E-state index contributed by atoms with van der Waals surface area (Å²) in [5, 5.41) is 5.40. The van der Waals surface area contributed by atoms with Crippen LogP contribution in [0.25, 0.3) is 5.65 Å². The molecular formula is C26H34N6O3. The maximum atomic E-state index is 12.4. The maximum Gasteiger partial charge on any atom is 0.408 e. The number of aryl methyl sites for hydroxylation is 1. The average molecular weight is 479 g/mol. The molecule has 0 radical (unpaired) electrons. The molecule has 0 aromatic carbocycles. The lowest BCUT2D eigenvalue weighted by atomic mass is 9.91. The van der Waals surface area contributed by atoms with E-state index in [0.717, 1.165) is 42.0 Å². The number of carbonyl (C=O) groups is 2. The van der Waals surface area contributed by atoms with Crippen LogP contribution in [0, 0.1) is 0 Å². The van der Waals surface area contributed by atoms with Gasteiger partial charge in [0.1, 0.15) is 17.8 Å². The molecule has 3 aromatic heterocycles. The normalized spacial score (nSPS) is 15.6. The molecule has 9 heteroatoms. The Labute approximate surface area is 205 Å². The van der Waals surface area contributed by atoms with Crippen molar-refractivity contribution >= 4 is 17.6 Å². The van der Waals surface area contributed by atoms with Crippen molar-refractivity contribution in [3.8, 4) is 0 Å². The predicted octanol–water partition coefficient (Wildman–Crippen LogP) is 3.38. The molecule has 0 fully saturated rings. The molecule has 0 saturated heterocycles. The Bertz CT molecular complexity index is 1200. The second kappa shape index (κ2) is 10.4. The molecule has 0 spiro atoms. The topological polar surface area (TPSA) is 101 Å². The van der Waals surface area contributed by atoms with E-state index >= 15 is 0 Å². The molecule has 0 bridgehead atoms. The van der Waals surface area contributed by atoms with Crippen LogP contribution in [0.15, 0.2) is 42.7 Å². The number of hydrogen-bond donors (Lipinski definition) is 2. The largest absolute Gasteiger partial charge is 0.444 e. The van der Waals surface area contributed by atoms with E-state index in [1.807, 2.05) is 41.1 Å². The lowest BCUT2D eigenvalue weighted by molar-refractivity contribution is -0.120. The van der Waals surface area contributed by atoms with Gasteiger partial charge in [0.05, 0.1) is 29.7 Å². The zero-order chi connectivity index (χ0) is 25.0. The first-order valence-corrected chi connectivity index (χ1v) is 12.0. The van der Waals surface area contributed by atoms with Crippen LogP contribution in [0.2, 0.25) is 0 Å². The van der Waals surface area contributed by atoms with Crippen LogP contribution in [-0.2, 0) is 29.0 Å². The van der Waals surface area contributed by atoms with E-state index in [1.165, 1.54) is 5.56 Å². The van der Waals surface area contributed by atoms with Crippen molar-refractivity contribution in [1.29, 1.82) is 0 Å². The molecule has 0 aliphatic heterocycles. The number of carbonyl (C=O) groups excluding carboxylic acids is 2. The van der Waals surface area contributed by atoms with Gasteiger partial charge in [-0.1, -0.05) is 12.1 Å². The van der Waals surface area contributed by atoms with E-state index in [9.17, 15) is 9.59 Å². The zero-order valence-corrected chi connectivity index (χ0v) is 20.9. The van der Waals surface area contributed by atoms with E-state index in [1.54, 1.807) is 20.8 Å². The Hall–Kier alpha value is -3.46. The molecule has 186 valence electrons. The van der Waals surface area contributed by atoms with Gasteiger partial charge in [-0.25, -0.2) is 9.78 Å². The summed E-state index contributed by atoms with van der Waals surface area (Å²) in [5.74, 6) is -0.300. The minimum Gasteiger partial charge on any atom is -0.444 e. The third-order valence-corrected chi connectivity index (χ3v) is 6.05. The minimum absolute atomic E-state index is 0.161. The summed E-state index contributed by atoms with van der Waals surface area (Å²) in [6.45, 7) is 6.09. The van der Waals surface area contributed by atoms with Gasteiger partial charge in [-0.3, -0.25) is 14.7 Å². The monoisotopic (exact) mass is 478 g/mol. The van der Waals surface area contributed by atoms with Crippen LogP contribution < -0.4 is 10.6 Å². The van der Waals surface area contributed by atoms with Crippen LogP contribution in [0.4, 0.5) is 4.79 Å². The number of ether oxygens (including phenoxy) is 1. The van der Waals surface area contributed by atoms with Gasteiger partial charge in [-0.2, -0.15) is 0 Å². The molecule has 4 rings (SSSR count). The summed E-state index contributed by atoms with van der Waals surface area (Å²) >= 11 is 0. The number of pyridine rings is 2. The van der Waals surface area contributed by atoms with Gasteiger partial charge in [0.2, 0.25) is 5.91 Å². The van der Waals surface area contributed by atoms with Crippen molar-refractivity contribution in [2.24, 2.45) is 0 Å². The molecule has 2 N–H and O–H groups in total. The van der Waals surface area contributed by atoms with E-state index in [0.29, 0.717) is 13.1 Å². The van der Waals surface area contributed by atoms with Gasteiger partial charge in [-0.05, 0) is 70.8 Å². The first-order chi connectivity index (χ1) is 16.7. The summed E-state index contributed by atoms with van der Waals surface area (Å²) in [6, 6.07) is 10.2. The lowest BCUT2D eigenvalue weighted by Crippen LogP contribution is -2.39. The van der Waals surface area contributed by atoms with Crippen LogP contribution in [0.3, 0.4) is 0 Å². The summed E-state index contributed by atoms with van der Waals surface area (Å²) < 4.78 is 7.18. The number of aromatic nitrogens is 3. The number of hydrogen-bond acceptors (Lipinski definition) is 6. The molecule has 1 atom stereocenters. The second-order valence-electron chi connectivity index (χ2n) is 9.94. The summed E-state index contributed by atoms with van der Waals surface area (Å²) in [4.78, 5) is 36.1. The van der Waals surface area contributed by atoms with Crippen LogP contribution in [0.5, 0.6) is 0 Å². The van der Waals surface area contributed by atoms with E-state index in [-0.39, 0.29) is 18.5 Å². The van der Waals surface area contributed by atoms with Gasteiger partial charge in [0.25, 0.3) is 0 Å². The molecular weight excluding hydrogens is 444 g/mol. The Kier molecular flexibility index (Phi) is 7.35. The maximum absolute atomic E-state index is 12.4. The number of alkyl carbamates (subject to hydrolysis) is 1. The first kappa shape index (κ1) is 24.7. The number of imidazole rings is 1. The second-order valence-corrected chi connectivity index (χ2v) is 9.94. The van der Waals surface area contributed by atoms with Crippen LogP contribution in [0.1, 0.15) is 62.3 Å². The number of fused-ring (bicyclic) bond motifs is 2. The Balaban J connectivity index is 1.45. The quantitative estimate of drug-likeness (QED) is 0.540. The molecule has 3 aromatic rings. The molecule has 1 aliphatic rings. The minimum atomic E-state index is -0.619. The van der Waals surface area contributed by atoms with E-state index in [2.05, 4.69) is 33.6 Å². The summed E-state index contributed by atoms with van der Waals surface area (Å²) in [7, 11) is 2.10. The van der Waals surface area contributed by atoms with Crippen molar-refractivity contribution in [3.63, 3.8) is 0 Å². The number of nitrogens with zero attached hydrogens (tertiary/aromatic N) is 4.